The van der Waals surface area contributed by atoms with Crippen molar-refractivity contribution in [1.29, 1.82) is 0 Å². The Balaban J connectivity index is 1.91. The molecular weight excluding hydrogens is 280 g/mol. The number of benzene rings is 1. The highest BCUT2D eigenvalue weighted by Gasteiger charge is 2.18. The van der Waals surface area contributed by atoms with Crippen molar-refractivity contribution in [2.45, 2.75) is 18.9 Å². The largest absolute Gasteiger partial charge is 0.349 e. The Morgan fingerprint density at radius 2 is 1.88 bits per heavy atom. The highest BCUT2D eigenvalue weighted by molar-refractivity contribution is 9.10. The predicted octanol–water partition coefficient (Wildman–Crippen LogP) is 2.27. The number of likely N-dealkylation sites (tertiary alicyclic amines) is 1. The number of hydrogen-bond donors (Lipinski definition) is 1. The Kier molecular flexibility index (Phi) is 4.18. The molecule has 0 aliphatic carbocycles. The average Bonchev–Trinajstić information content (AvgIpc) is 2.33. The molecule has 1 saturated heterocycles. The van der Waals surface area contributed by atoms with E-state index in [9.17, 15) is 4.79 Å². The topological polar surface area (TPSA) is 32.3 Å². The zero-order valence-corrected chi connectivity index (χ0v) is 11.5. The van der Waals surface area contributed by atoms with Crippen LogP contribution in [-0.2, 0) is 0 Å². The normalized spacial score (nSPS) is 18.0. The van der Waals surface area contributed by atoms with Crippen LogP contribution in [0.3, 0.4) is 0 Å². The number of hydrogen-bond acceptors (Lipinski definition) is 2. The summed E-state index contributed by atoms with van der Waals surface area (Å²) in [5, 5.41) is 3.09. The molecule has 0 aromatic heterocycles. The lowest BCUT2D eigenvalue weighted by atomic mass is 10.0. The summed E-state index contributed by atoms with van der Waals surface area (Å²) < 4.78 is 0.994. The zero-order chi connectivity index (χ0) is 12.3. The van der Waals surface area contributed by atoms with Crippen LogP contribution in [0.2, 0.25) is 0 Å². The van der Waals surface area contributed by atoms with Crippen molar-refractivity contribution >= 4 is 21.8 Å². The summed E-state index contributed by atoms with van der Waals surface area (Å²) in [5.74, 6) is 0.0343. The van der Waals surface area contributed by atoms with Crippen molar-refractivity contribution in [3.05, 3.63) is 34.3 Å². The zero-order valence-electron chi connectivity index (χ0n) is 9.95. The Labute approximate surface area is 110 Å². The lowest BCUT2D eigenvalue weighted by Crippen LogP contribution is -2.43. The molecule has 1 aromatic rings. The number of rotatable bonds is 2. The van der Waals surface area contributed by atoms with Crippen molar-refractivity contribution in [1.82, 2.24) is 10.2 Å². The van der Waals surface area contributed by atoms with Gasteiger partial charge >= 0.3 is 0 Å². The van der Waals surface area contributed by atoms with Crippen molar-refractivity contribution < 1.29 is 4.79 Å². The summed E-state index contributed by atoms with van der Waals surface area (Å²) in [4.78, 5) is 14.3. The molecule has 2 rings (SSSR count). The van der Waals surface area contributed by atoms with E-state index in [1.165, 1.54) is 0 Å². The van der Waals surface area contributed by atoms with Crippen molar-refractivity contribution in [2.75, 3.05) is 20.1 Å². The summed E-state index contributed by atoms with van der Waals surface area (Å²) in [6.45, 7) is 2.12. The lowest BCUT2D eigenvalue weighted by molar-refractivity contribution is 0.0917. The van der Waals surface area contributed by atoms with Gasteiger partial charge in [0.25, 0.3) is 5.91 Å². The first-order valence-corrected chi connectivity index (χ1v) is 6.69. The maximum atomic E-state index is 12.0. The third kappa shape index (κ3) is 3.54. The van der Waals surface area contributed by atoms with E-state index in [4.69, 9.17) is 0 Å². The van der Waals surface area contributed by atoms with Gasteiger partial charge in [0.05, 0.1) is 0 Å². The van der Waals surface area contributed by atoms with Crippen molar-refractivity contribution in [2.24, 2.45) is 0 Å². The molecule has 1 aromatic carbocycles. The maximum absolute atomic E-state index is 12.0. The predicted molar refractivity (Wildman–Crippen MR) is 72.1 cm³/mol. The molecule has 1 fully saturated rings. The van der Waals surface area contributed by atoms with Gasteiger partial charge in [0.15, 0.2) is 0 Å². The minimum absolute atomic E-state index is 0.0343. The van der Waals surface area contributed by atoms with Crippen molar-refractivity contribution in [3.8, 4) is 0 Å². The number of nitrogens with one attached hydrogen (secondary N) is 1. The highest BCUT2D eigenvalue weighted by Crippen LogP contribution is 2.12. The van der Waals surface area contributed by atoms with Crippen LogP contribution in [0.5, 0.6) is 0 Å². The van der Waals surface area contributed by atoms with E-state index >= 15 is 0 Å². The van der Waals surface area contributed by atoms with Gasteiger partial charge in [-0.1, -0.05) is 15.9 Å². The van der Waals surface area contributed by atoms with Gasteiger partial charge in [0, 0.05) is 16.1 Å². The van der Waals surface area contributed by atoms with Crippen LogP contribution >= 0.6 is 15.9 Å². The minimum Gasteiger partial charge on any atom is -0.349 e. The standard InChI is InChI=1S/C13H17BrN2O/c1-16-8-6-12(7-9-16)15-13(17)10-2-4-11(14)5-3-10/h2-5,12H,6-9H2,1H3,(H,15,17). The SMILES string of the molecule is CN1CCC(NC(=O)c2ccc(Br)cc2)CC1. The molecular formula is C13H17BrN2O. The van der Waals surface area contributed by atoms with Crippen LogP contribution < -0.4 is 5.32 Å². The Bertz CT molecular complexity index is 383. The molecule has 1 N–H and O–H groups in total. The molecule has 3 nitrogen and oxygen atoms in total. The lowest BCUT2D eigenvalue weighted by Gasteiger charge is -2.29. The minimum atomic E-state index is 0.0343. The number of nitrogens with zero attached hydrogens (tertiary/aromatic N) is 1. The molecule has 0 bridgehead atoms. The molecule has 0 unspecified atom stereocenters. The van der Waals surface area contributed by atoms with Gasteiger partial charge in [-0.2, -0.15) is 0 Å². The number of halogens is 1. The Morgan fingerprint density at radius 3 is 2.47 bits per heavy atom. The van der Waals surface area contributed by atoms with E-state index in [0.29, 0.717) is 6.04 Å². The van der Waals surface area contributed by atoms with E-state index in [1.54, 1.807) is 0 Å². The quantitative estimate of drug-likeness (QED) is 0.908. The summed E-state index contributed by atoms with van der Waals surface area (Å²) in [6.07, 6.45) is 2.08. The fraction of sp³-hybridized carbons (Fsp3) is 0.462. The van der Waals surface area contributed by atoms with Gasteiger partial charge in [0.2, 0.25) is 0 Å². The molecule has 0 radical (unpaired) electrons. The second-order valence-corrected chi connectivity index (χ2v) is 5.47. The maximum Gasteiger partial charge on any atom is 0.251 e. The monoisotopic (exact) mass is 296 g/mol. The van der Waals surface area contributed by atoms with Gasteiger partial charge in [-0.25, -0.2) is 0 Å². The van der Waals surface area contributed by atoms with Gasteiger partial charge in [-0.3, -0.25) is 4.79 Å². The highest BCUT2D eigenvalue weighted by atomic mass is 79.9. The molecule has 1 aliphatic heterocycles. The van der Waals surface area contributed by atoms with Crippen LogP contribution in [-0.4, -0.2) is 37.0 Å². The average molecular weight is 297 g/mol. The summed E-state index contributed by atoms with van der Waals surface area (Å²) in [5.41, 5.74) is 0.729. The van der Waals surface area contributed by atoms with Crippen LogP contribution in [0.1, 0.15) is 23.2 Å². The number of carbonyl (C=O) groups is 1. The first kappa shape index (κ1) is 12.6. The van der Waals surface area contributed by atoms with E-state index in [-0.39, 0.29) is 5.91 Å². The van der Waals surface area contributed by atoms with E-state index in [1.807, 2.05) is 24.3 Å². The fourth-order valence-corrected chi connectivity index (χ4v) is 2.29. The van der Waals surface area contributed by atoms with Gasteiger partial charge in [-0.05, 0) is 57.2 Å². The molecule has 0 saturated carbocycles. The first-order chi connectivity index (χ1) is 8.15. The molecule has 1 heterocycles. The summed E-state index contributed by atoms with van der Waals surface area (Å²) in [6, 6.07) is 7.79. The molecule has 1 amide bonds. The molecule has 0 atom stereocenters. The third-order valence-electron chi connectivity index (χ3n) is 3.16. The smallest absolute Gasteiger partial charge is 0.251 e. The summed E-state index contributed by atoms with van der Waals surface area (Å²) in [7, 11) is 2.12. The molecule has 4 heteroatoms. The van der Waals surface area contributed by atoms with E-state index in [0.717, 1.165) is 36.0 Å². The molecule has 0 spiro atoms. The van der Waals surface area contributed by atoms with Crippen LogP contribution in [0.4, 0.5) is 0 Å². The Hall–Kier alpha value is -0.870. The van der Waals surface area contributed by atoms with E-state index < -0.39 is 0 Å². The first-order valence-electron chi connectivity index (χ1n) is 5.90. The second kappa shape index (κ2) is 5.65. The number of piperidine rings is 1. The van der Waals surface area contributed by atoms with Gasteiger partial charge in [-0.15, -0.1) is 0 Å². The molecule has 17 heavy (non-hydrogen) atoms. The van der Waals surface area contributed by atoms with Crippen LogP contribution in [0.15, 0.2) is 28.7 Å². The Morgan fingerprint density at radius 1 is 1.29 bits per heavy atom. The molecule has 1 aliphatic rings. The van der Waals surface area contributed by atoms with Gasteiger partial charge in [0.1, 0.15) is 0 Å². The number of carbonyl (C=O) groups excluding carboxylic acids is 1. The third-order valence-corrected chi connectivity index (χ3v) is 3.69. The van der Waals surface area contributed by atoms with E-state index in [2.05, 4.69) is 33.2 Å². The summed E-state index contributed by atoms with van der Waals surface area (Å²) >= 11 is 3.36. The van der Waals surface area contributed by atoms with Crippen LogP contribution in [0, 0.1) is 0 Å². The fourth-order valence-electron chi connectivity index (χ4n) is 2.02. The van der Waals surface area contributed by atoms with Gasteiger partial charge < -0.3 is 10.2 Å². The second-order valence-electron chi connectivity index (χ2n) is 4.56. The van der Waals surface area contributed by atoms with Crippen molar-refractivity contribution in [3.63, 3.8) is 0 Å². The molecule has 92 valence electrons. The number of amides is 1. The van der Waals surface area contributed by atoms with Crippen LogP contribution in [0.25, 0.3) is 0 Å².